The Morgan fingerprint density at radius 2 is 1.85 bits per heavy atom. The Morgan fingerprint density at radius 1 is 1.26 bits per heavy atom. The molecule has 0 radical (unpaired) electrons. The molecule has 1 saturated carbocycles. The van der Waals surface area contributed by atoms with E-state index in [1.165, 1.54) is 6.92 Å². The van der Waals surface area contributed by atoms with E-state index in [1.807, 2.05) is 0 Å². The minimum atomic E-state index is -3.07. The quantitative estimate of drug-likeness (QED) is 0.498. The Hall–Kier alpha value is -1.84. The summed E-state index contributed by atoms with van der Waals surface area (Å²) in [6.45, 7) is 6.27. The van der Waals surface area contributed by atoms with Gasteiger partial charge in [-0.05, 0) is 52.9 Å². The van der Waals surface area contributed by atoms with Crippen molar-refractivity contribution in [2.45, 2.75) is 77.0 Å². The SMILES string of the molecule is CC(=O)OC1(CC[S@](=N)(=O)CCC(NC(=O)OC(C)(C)C)C(=O)O)CCC1. The largest absolute Gasteiger partial charge is 0.480 e. The lowest BCUT2D eigenvalue weighted by Crippen LogP contribution is -2.45. The first-order valence-corrected chi connectivity index (χ1v) is 10.8. The Morgan fingerprint density at radius 3 is 2.26 bits per heavy atom. The van der Waals surface area contributed by atoms with Gasteiger partial charge in [-0.1, -0.05) is 0 Å². The maximum atomic E-state index is 12.5. The molecule has 0 aliphatic heterocycles. The van der Waals surface area contributed by atoms with Crippen molar-refractivity contribution >= 4 is 27.8 Å². The van der Waals surface area contributed by atoms with E-state index in [2.05, 4.69) is 5.32 Å². The molecule has 0 spiro atoms. The molecule has 9 nitrogen and oxygen atoms in total. The summed E-state index contributed by atoms with van der Waals surface area (Å²) < 4.78 is 30.8. The van der Waals surface area contributed by atoms with E-state index in [-0.39, 0.29) is 17.9 Å². The zero-order valence-electron chi connectivity index (χ0n) is 16.3. The predicted molar refractivity (Wildman–Crippen MR) is 99.0 cm³/mol. The van der Waals surface area contributed by atoms with E-state index < -0.39 is 45.0 Å². The van der Waals surface area contributed by atoms with E-state index in [9.17, 15) is 23.7 Å². The van der Waals surface area contributed by atoms with Gasteiger partial charge < -0.3 is 19.9 Å². The highest BCUT2D eigenvalue weighted by atomic mass is 32.2. The number of carboxylic acid groups (broad SMARTS) is 1. The monoisotopic (exact) mass is 406 g/mol. The van der Waals surface area contributed by atoms with Gasteiger partial charge in [0.15, 0.2) is 0 Å². The van der Waals surface area contributed by atoms with Crippen molar-refractivity contribution in [3.05, 3.63) is 0 Å². The lowest BCUT2D eigenvalue weighted by atomic mass is 9.78. The molecule has 0 aromatic carbocycles. The van der Waals surface area contributed by atoms with Crippen molar-refractivity contribution in [1.29, 1.82) is 4.78 Å². The minimum absolute atomic E-state index is 0.0130. The van der Waals surface area contributed by atoms with Gasteiger partial charge in [0.2, 0.25) is 0 Å². The van der Waals surface area contributed by atoms with Crippen LogP contribution in [-0.2, 0) is 28.8 Å². The van der Waals surface area contributed by atoms with Crippen LogP contribution >= 0.6 is 0 Å². The van der Waals surface area contributed by atoms with Gasteiger partial charge >= 0.3 is 18.0 Å². The van der Waals surface area contributed by atoms with Crippen LogP contribution in [0.5, 0.6) is 0 Å². The van der Waals surface area contributed by atoms with Gasteiger partial charge in [0.1, 0.15) is 17.2 Å². The summed E-state index contributed by atoms with van der Waals surface area (Å²) in [7, 11) is -3.07. The number of ether oxygens (including phenoxy) is 2. The number of aliphatic carboxylic acids is 1. The second-order valence-corrected chi connectivity index (χ2v) is 10.4. The van der Waals surface area contributed by atoms with Gasteiger partial charge in [-0.25, -0.2) is 13.8 Å². The number of hydrogen-bond donors (Lipinski definition) is 3. The van der Waals surface area contributed by atoms with Gasteiger partial charge in [0.05, 0.1) is 0 Å². The molecule has 1 amide bonds. The summed E-state index contributed by atoms with van der Waals surface area (Å²) in [5.41, 5.74) is -1.42. The van der Waals surface area contributed by atoms with Crippen molar-refractivity contribution in [3.63, 3.8) is 0 Å². The van der Waals surface area contributed by atoms with Crippen molar-refractivity contribution in [2.75, 3.05) is 11.5 Å². The molecule has 1 aliphatic carbocycles. The molecule has 2 atom stereocenters. The van der Waals surface area contributed by atoms with Gasteiger partial charge in [0.25, 0.3) is 0 Å². The standard InChI is InChI=1S/C17H30N2O7S/c1-12(20)25-17(7-5-8-17)9-11-27(18,24)10-6-13(14(21)22)19-15(23)26-16(2,3)4/h13,18H,5-11H2,1-4H3,(H,19,23)(H,21,22)/t13?,27-/m1/s1. The third-order valence-corrected chi connectivity index (χ3v) is 6.00. The Bertz CT molecular complexity index is 663. The molecule has 0 bridgehead atoms. The number of hydrogen-bond acceptors (Lipinski definition) is 7. The van der Waals surface area contributed by atoms with Crippen LogP contribution in [0.3, 0.4) is 0 Å². The Labute approximate surface area is 160 Å². The van der Waals surface area contributed by atoms with Gasteiger partial charge in [0, 0.05) is 28.2 Å². The molecule has 1 rings (SSSR count). The third-order valence-electron chi connectivity index (χ3n) is 4.24. The van der Waals surface area contributed by atoms with Crippen LogP contribution in [0.15, 0.2) is 0 Å². The van der Waals surface area contributed by atoms with Gasteiger partial charge in [-0.2, -0.15) is 0 Å². The fourth-order valence-electron chi connectivity index (χ4n) is 2.75. The molecule has 0 heterocycles. The topological polar surface area (TPSA) is 143 Å². The lowest BCUT2D eigenvalue weighted by molar-refractivity contribution is -0.167. The minimum Gasteiger partial charge on any atom is -0.480 e. The summed E-state index contributed by atoms with van der Waals surface area (Å²) in [5.74, 6) is -1.86. The van der Waals surface area contributed by atoms with Crippen LogP contribution in [0.25, 0.3) is 0 Å². The van der Waals surface area contributed by atoms with Crippen molar-refractivity contribution < 1.29 is 33.2 Å². The fourth-order valence-corrected chi connectivity index (χ4v) is 4.27. The first-order chi connectivity index (χ1) is 12.2. The second kappa shape index (κ2) is 8.90. The highest BCUT2D eigenvalue weighted by Crippen LogP contribution is 2.39. The van der Waals surface area contributed by atoms with E-state index >= 15 is 0 Å². The number of alkyl carbamates (subject to hydrolysis) is 1. The summed E-state index contributed by atoms with van der Waals surface area (Å²) in [5, 5.41) is 11.5. The maximum Gasteiger partial charge on any atom is 0.408 e. The second-order valence-electron chi connectivity index (χ2n) is 7.93. The number of rotatable bonds is 9. The third kappa shape index (κ3) is 8.59. The number of carbonyl (C=O) groups is 3. The number of esters is 1. The van der Waals surface area contributed by atoms with E-state index in [1.54, 1.807) is 20.8 Å². The summed E-state index contributed by atoms with van der Waals surface area (Å²) in [6, 6.07) is -1.29. The van der Waals surface area contributed by atoms with E-state index in [0.717, 1.165) is 6.42 Å². The Balaban J connectivity index is 2.57. The first kappa shape index (κ1) is 23.2. The van der Waals surface area contributed by atoms with E-state index in [4.69, 9.17) is 14.3 Å². The molecule has 0 aromatic rings. The van der Waals surface area contributed by atoms with Crippen LogP contribution < -0.4 is 5.32 Å². The van der Waals surface area contributed by atoms with Crippen LogP contribution in [0, 0.1) is 4.78 Å². The van der Waals surface area contributed by atoms with Gasteiger partial charge in [-0.3, -0.25) is 9.57 Å². The van der Waals surface area contributed by atoms with Gasteiger partial charge in [-0.15, -0.1) is 0 Å². The maximum absolute atomic E-state index is 12.5. The van der Waals surface area contributed by atoms with Crippen LogP contribution in [0.2, 0.25) is 0 Å². The molecular formula is C17H30N2O7S. The number of nitrogens with one attached hydrogen (secondary N) is 2. The number of carbonyl (C=O) groups excluding carboxylic acids is 2. The lowest BCUT2D eigenvalue weighted by Gasteiger charge is -2.41. The first-order valence-electron chi connectivity index (χ1n) is 8.90. The Kier molecular flexibility index (Phi) is 7.65. The van der Waals surface area contributed by atoms with Crippen molar-refractivity contribution in [1.82, 2.24) is 5.32 Å². The summed E-state index contributed by atoms with van der Waals surface area (Å²) in [6.07, 6.45) is 1.55. The number of amides is 1. The highest BCUT2D eigenvalue weighted by molar-refractivity contribution is 7.92. The number of carboxylic acids is 1. The molecule has 1 aliphatic rings. The molecule has 0 aromatic heterocycles. The van der Waals surface area contributed by atoms with Crippen LogP contribution in [-0.4, -0.2) is 56.1 Å². The normalized spacial score (nSPS) is 19.1. The van der Waals surface area contributed by atoms with Crippen LogP contribution in [0.4, 0.5) is 4.79 Å². The molecule has 3 N–H and O–H groups in total. The zero-order chi connectivity index (χ0) is 20.9. The molecule has 0 saturated heterocycles. The van der Waals surface area contributed by atoms with E-state index in [0.29, 0.717) is 19.3 Å². The van der Waals surface area contributed by atoms with Crippen molar-refractivity contribution in [2.24, 2.45) is 0 Å². The summed E-state index contributed by atoms with van der Waals surface area (Å²) in [4.78, 5) is 34.3. The molecule has 156 valence electrons. The van der Waals surface area contributed by atoms with Crippen molar-refractivity contribution in [3.8, 4) is 0 Å². The zero-order valence-corrected chi connectivity index (χ0v) is 17.1. The average molecular weight is 407 g/mol. The molecule has 1 fully saturated rings. The highest BCUT2D eigenvalue weighted by Gasteiger charge is 2.40. The smallest absolute Gasteiger partial charge is 0.408 e. The predicted octanol–water partition coefficient (Wildman–Crippen LogP) is 2.28. The fraction of sp³-hybridized carbons (Fsp3) is 0.824. The molecular weight excluding hydrogens is 376 g/mol. The summed E-state index contributed by atoms with van der Waals surface area (Å²) >= 11 is 0. The molecule has 1 unspecified atom stereocenters. The van der Waals surface area contributed by atoms with Crippen LogP contribution in [0.1, 0.15) is 59.8 Å². The molecule has 10 heteroatoms. The average Bonchev–Trinajstić information content (AvgIpc) is 2.43. The molecule has 27 heavy (non-hydrogen) atoms.